The highest BCUT2D eigenvalue weighted by Crippen LogP contribution is 2.29. The molecule has 1 aromatic rings. The van der Waals surface area contributed by atoms with Gasteiger partial charge in [-0.2, -0.15) is 11.8 Å². The molecule has 4 heteroatoms. The van der Waals surface area contributed by atoms with E-state index in [0.717, 1.165) is 21.8 Å². The van der Waals surface area contributed by atoms with Crippen LogP contribution >= 0.6 is 39.3 Å². The van der Waals surface area contributed by atoms with Crippen molar-refractivity contribution in [2.75, 3.05) is 18.1 Å². The molecule has 15 heavy (non-hydrogen) atoms. The van der Waals surface area contributed by atoms with Crippen LogP contribution < -0.4 is 5.32 Å². The molecule has 0 amide bonds. The minimum atomic E-state index is 0.401. The molecule has 1 N–H and O–H groups in total. The Morgan fingerprint density at radius 3 is 3.13 bits per heavy atom. The van der Waals surface area contributed by atoms with Crippen molar-refractivity contribution in [3.05, 3.63) is 33.3 Å². The third kappa shape index (κ3) is 3.13. The number of rotatable bonds is 1. The molecular formula is C11H13BrClNS. The summed E-state index contributed by atoms with van der Waals surface area (Å²) in [5.74, 6) is 2.36. The van der Waals surface area contributed by atoms with Gasteiger partial charge in [0.05, 0.1) is 0 Å². The molecular weight excluding hydrogens is 294 g/mol. The van der Waals surface area contributed by atoms with Crippen LogP contribution in [0.15, 0.2) is 22.7 Å². The Labute approximate surface area is 108 Å². The first kappa shape index (κ1) is 11.8. The largest absolute Gasteiger partial charge is 0.309 e. The van der Waals surface area contributed by atoms with Crippen molar-refractivity contribution in [3.8, 4) is 0 Å². The van der Waals surface area contributed by atoms with E-state index in [1.165, 1.54) is 17.7 Å². The van der Waals surface area contributed by atoms with E-state index in [2.05, 4.69) is 33.4 Å². The van der Waals surface area contributed by atoms with Crippen molar-refractivity contribution in [2.45, 2.75) is 12.5 Å². The Balaban J connectivity index is 2.19. The van der Waals surface area contributed by atoms with Crippen LogP contribution in [0.2, 0.25) is 5.02 Å². The van der Waals surface area contributed by atoms with E-state index in [1.54, 1.807) is 0 Å². The highest BCUT2D eigenvalue weighted by molar-refractivity contribution is 9.10. The third-order valence-corrected chi connectivity index (χ3v) is 4.45. The van der Waals surface area contributed by atoms with Gasteiger partial charge in [-0.3, -0.25) is 0 Å². The highest BCUT2D eigenvalue weighted by atomic mass is 79.9. The van der Waals surface area contributed by atoms with Gasteiger partial charge in [-0.25, -0.2) is 0 Å². The van der Waals surface area contributed by atoms with Crippen LogP contribution in [-0.4, -0.2) is 18.1 Å². The lowest BCUT2D eigenvalue weighted by atomic mass is 10.1. The Kier molecular flexibility index (Phi) is 4.38. The third-order valence-electron chi connectivity index (χ3n) is 2.48. The molecule has 1 aromatic carbocycles. The Hall–Kier alpha value is 0.300. The predicted molar refractivity (Wildman–Crippen MR) is 71.8 cm³/mol. The fourth-order valence-corrected chi connectivity index (χ4v) is 3.55. The molecule has 1 aliphatic heterocycles. The topological polar surface area (TPSA) is 12.0 Å². The Bertz CT molecular complexity index is 337. The molecule has 0 aliphatic carbocycles. The standard InChI is InChI=1S/C11H13BrClNS/c12-8-2-3-9(10(13)6-8)11-7-15-5-1-4-14-11/h2-3,6,11,14H,1,4-5,7H2. The Morgan fingerprint density at radius 1 is 1.47 bits per heavy atom. The van der Waals surface area contributed by atoms with Crippen molar-refractivity contribution in [3.63, 3.8) is 0 Å². The number of benzene rings is 1. The van der Waals surface area contributed by atoms with E-state index in [9.17, 15) is 0 Å². The SMILES string of the molecule is Clc1cc(Br)ccc1C1CSCCCN1. The zero-order valence-corrected chi connectivity index (χ0v) is 11.5. The van der Waals surface area contributed by atoms with E-state index in [-0.39, 0.29) is 0 Å². The van der Waals surface area contributed by atoms with Gasteiger partial charge in [-0.1, -0.05) is 33.6 Å². The van der Waals surface area contributed by atoms with Gasteiger partial charge in [0.25, 0.3) is 0 Å². The van der Waals surface area contributed by atoms with Gasteiger partial charge in [-0.05, 0) is 36.4 Å². The van der Waals surface area contributed by atoms with Crippen LogP contribution in [0.3, 0.4) is 0 Å². The molecule has 1 fully saturated rings. The van der Waals surface area contributed by atoms with E-state index in [4.69, 9.17) is 11.6 Å². The molecule has 0 spiro atoms. The average molecular weight is 307 g/mol. The van der Waals surface area contributed by atoms with Crippen LogP contribution in [-0.2, 0) is 0 Å². The van der Waals surface area contributed by atoms with E-state index in [1.807, 2.05) is 17.8 Å². The van der Waals surface area contributed by atoms with Gasteiger partial charge in [-0.15, -0.1) is 0 Å². The first-order valence-electron chi connectivity index (χ1n) is 5.03. The minimum Gasteiger partial charge on any atom is -0.309 e. The van der Waals surface area contributed by atoms with Gasteiger partial charge in [0, 0.05) is 21.3 Å². The first-order chi connectivity index (χ1) is 7.27. The van der Waals surface area contributed by atoms with Crippen molar-refractivity contribution in [2.24, 2.45) is 0 Å². The maximum Gasteiger partial charge on any atom is 0.0465 e. The van der Waals surface area contributed by atoms with Gasteiger partial charge < -0.3 is 5.32 Å². The number of nitrogens with one attached hydrogen (secondary N) is 1. The van der Waals surface area contributed by atoms with Crippen LogP contribution in [0.25, 0.3) is 0 Å². The molecule has 0 bridgehead atoms. The quantitative estimate of drug-likeness (QED) is 0.845. The maximum atomic E-state index is 6.24. The first-order valence-corrected chi connectivity index (χ1v) is 7.36. The van der Waals surface area contributed by atoms with Gasteiger partial charge >= 0.3 is 0 Å². The van der Waals surface area contributed by atoms with Crippen molar-refractivity contribution >= 4 is 39.3 Å². The Morgan fingerprint density at radius 2 is 2.33 bits per heavy atom. The summed E-state index contributed by atoms with van der Waals surface area (Å²) in [5.41, 5.74) is 1.22. The highest BCUT2D eigenvalue weighted by Gasteiger charge is 2.16. The molecule has 1 atom stereocenters. The van der Waals surface area contributed by atoms with E-state index >= 15 is 0 Å². The lowest BCUT2D eigenvalue weighted by Gasteiger charge is -2.17. The zero-order chi connectivity index (χ0) is 10.7. The van der Waals surface area contributed by atoms with Crippen LogP contribution in [0.5, 0.6) is 0 Å². The molecule has 1 saturated heterocycles. The number of hydrogen-bond acceptors (Lipinski definition) is 2. The van der Waals surface area contributed by atoms with Gasteiger partial charge in [0.15, 0.2) is 0 Å². The molecule has 0 radical (unpaired) electrons. The lowest BCUT2D eigenvalue weighted by Crippen LogP contribution is -2.22. The van der Waals surface area contributed by atoms with Crippen LogP contribution in [0.1, 0.15) is 18.0 Å². The molecule has 1 unspecified atom stereocenters. The summed E-state index contributed by atoms with van der Waals surface area (Å²) in [7, 11) is 0. The second-order valence-corrected chi connectivity index (χ2v) is 6.07. The second-order valence-electron chi connectivity index (χ2n) is 3.60. The maximum absolute atomic E-state index is 6.24. The van der Waals surface area contributed by atoms with Crippen LogP contribution in [0, 0.1) is 0 Å². The van der Waals surface area contributed by atoms with Crippen molar-refractivity contribution in [1.29, 1.82) is 0 Å². The number of thioether (sulfide) groups is 1. The van der Waals surface area contributed by atoms with Crippen LogP contribution in [0.4, 0.5) is 0 Å². The lowest BCUT2D eigenvalue weighted by molar-refractivity contribution is 0.590. The second kappa shape index (κ2) is 5.58. The number of hydrogen-bond donors (Lipinski definition) is 1. The molecule has 1 heterocycles. The molecule has 0 aromatic heterocycles. The monoisotopic (exact) mass is 305 g/mol. The predicted octanol–water partition coefficient (Wildman–Crippen LogP) is 3.87. The summed E-state index contributed by atoms with van der Waals surface area (Å²) < 4.78 is 1.04. The van der Waals surface area contributed by atoms with Crippen molar-refractivity contribution in [1.82, 2.24) is 5.32 Å². The normalized spacial score (nSPS) is 22.4. The fraction of sp³-hybridized carbons (Fsp3) is 0.455. The van der Waals surface area contributed by atoms with Gasteiger partial charge in [0.1, 0.15) is 0 Å². The molecule has 2 rings (SSSR count). The minimum absolute atomic E-state index is 0.401. The molecule has 82 valence electrons. The molecule has 1 nitrogen and oxygen atoms in total. The molecule has 1 aliphatic rings. The summed E-state index contributed by atoms with van der Waals surface area (Å²) in [4.78, 5) is 0. The summed E-state index contributed by atoms with van der Waals surface area (Å²) >= 11 is 11.7. The summed E-state index contributed by atoms with van der Waals surface area (Å²) in [6.45, 7) is 1.09. The van der Waals surface area contributed by atoms with E-state index < -0.39 is 0 Å². The summed E-state index contributed by atoms with van der Waals surface area (Å²) in [6, 6.07) is 6.53. The molecule has 0 saturated carbocycles. The zero-order valence-electron chi connectivity index (χ0n) is 8.30. The van der Waals surface area contributed by atoms with E-state index in [0.29, 0.717) is 6.04 Å². The van der Waals surface area contributed by atoms with Crippen molar-refractivity contribution < 1.29 is 0 Å². The number of halogens is 2. The van der Waals surface area contributed by atoms with Gasteiger partial charge in [0.2, 0.25) is 0 Å². The summed E-state index contributed by atoms with van der Waals surface area (Å²) in [6.07, 6.45) is 1.25. The average Bonchev–Trinajstić information content (AvgIpc) is 2.46. The summed E-state index contributed by atoms with van der Waals surface area (Å²) in [5, 5.41) is 4.39. The smallest absolute Gasteiger partial charge is 0.0465 e. The fourth-order valence-electron chi connectivity index (χ4n) is 1.69.